The Bertz CT molecular complexity index is 1570. The molecule has 1 atom stereocenters. The van der Waals surface area contributed by atoms with E-state index < -0.39 is 28.4 Å². The first-order valence-electron chi connectivity index (χ1n) is 11.9. The second-order valence-corrected chi connectivity index (χ2v) is 9.22. The van der Waals surface area contributed by atoms with Crippen LogP contribution in [0.5, 0.6) is 0 Å². The minimum Gasteiger partial charge on any atom is -0.364 e. The van der Waals surface area contributed by atoms with Gasteiger partial charge in [-0.3, -0.25) is 19.7 Å². The van der Waals surface area contributed by atoms with Gasteiger partial charge in [-0.05, 0) is 24.6 Å². The fourth-order valence-electron chi connectivity index (χ4n) is 4.61. The molecule has 1 aliphatic heterocycles. The minimum absolute atomic E-state index is 0.00114. The van der Waals surface area contributed by atoms with Gasteiger partial charge in [0.1, 0.15) is 17.6 Å². The first-order valence-corrected chi connectivity index (χ1v) is 11.9. The second-order valence-electron chi connectivity index (χ2n) is 9.22. The maximum Gasteiger partial charge on any atom is 0.416 e. The fourth-order valence-corrected chi connectivity index (χ4v) is 4.61. The molecule has 1 fully saturated rings. The van der Waals surface area contributed by atoms with Crippen molar-refractivity contribution in [1.29, 1.82) is 5.26 Å². The summed E-state index contributed by atoms with van der Waals surface area (Å²) in [7, 11) is 1.50. The molecule has 4 rings (SSSR count). The van der Waals surface area contributed by atoms with Crippen molar-refractivity contribution in [2.24, 2.45) is 7.05 Å². The quantitative estimate of drug-likeness (QED) is 0.381. The Morgan fingerprint density at radius 3 is 2.44 bits per heavy atom. The molecule has 3 aromatic rings. The average Bonchev–Trinajstić information content (AvgIpc) is 2.90. The number of non-ortho nitro benzene ring substituents is 1. The van der Waals surface area contributed by atoms with Crippen LogP contribution in [0.1, 0.15) is 36.6 Å². The van der Waals surface area contributed by atoms with E-state index in [9.17, 15) is 38.1 Å². The van der Waals surface area contributed by atoms with Crippen LogP contribution in [-0.4, -0.2) is 51.5 Å². The number of nitro groups is 1. The smallest absolute Gasteiger partial charge is 0.364 e. The highest BCUT2D eigenvalue weighted by atomic mass is 19.4. The highest BCUT2D eigenvalue weighted by Crippen LogP contribution is 2.35. The van der Waals surface area contributed by atoms with Gasteiger partial charge in [0.15, 0.2) is 0 Å². The molecule has 1 aliphatic rings. The number of fused-ring (bicyclic) bond motifs is 1. The number of amides is 1. The molecule has 1 N–H and O–H groups in total. The summed E-state index contributed by atoms with van der Waals surface area (Å²) >= 11 is 0. The lowest BCUT2D eigenvalue weighted by atomic mass is 10.0. The summed E-state index contributed by atoms with van der Waals surface area (Å²) in [6.45, 7) is 4.64. The SMILES string of the molecule is CC(=O)N1CCN(c2cc3c(N[C@H](C)c4cc([N+](=O)[O-])cc(C(F)(F)F)c4)ncc(C#N)c3n(C)c2=O)CC1. The summed E-state index contributed by atoms with van der Waals surface area (Å²) in [5.74, 6) is 0.106. The molecule has 11 nitrogen and oxygen atoms in total. The van der Waals surface area contributed by atoms with Gasteiger partial charge in [0.2, 0.25) is 5.91 Å². The van der Waals surface area contributed by atoms with E-state index in [1.807, 2.05) is 11.0 Å². The molecule has 1 aromatic carbocycles. The number of aryl methyl sites for hydroxylation is 1. The number of carbonyl (C=O) groups is 1. The van der Waals surface area contributed by atoms with Crippen LogP contribution < -0.4 is 15.8 Å². The molecule has 1 amide bonds. The van der Waals surface area contributed by atoms with Gasteiger partial charge >= 0.3 is 6.18 Å². The van der Waals surface area contributed by atoms with Crippen LogP contribution in [0.3, 0.4) is 0 Å². The van der Waals surface area contributed by atoms with Gasteiger partial charge < -0.3 is 19.7 Å². The number of pyridine rings is 2. The number of nitrogens with one attached hydrogen (secondary N) is 1. The van der Waals surface area contributed by atoms with Crippen molar-refractivity contribution in [2.75, 3.05) is 36.4 Å². The Labute approximate surface area is 220 Å². The predicted octanol–water partition coefficient (Wildman–Crippen LogP) is 3.57. The van der Waals surface area contributed by atoms with Gasteiger partial charge in [-0.2, -0.15) is 18.4 Å². The zero-order chi connectivity index (χ0) is 28.6. The first kappa shape index (κ1) is 27.4. The number of carbonyl (C=O) groups excluding carboxylic acids is 1. The van der Waals surface area contributed by atoms with E-state index in [1.54, 1.807) is 11.0 Å². The number of piperazine rings is 1. The third-order valence-electron chi connectivity index (χ3n) is 6.75. The van der Waals surface area contributed by atoms with Gasteiger partial charge in [-0.15, -0.1) is 0 Å². The third-order valence-corrected chi connectivity index (χ3v) is 6.75. The standard InChI is InChI=1S/C25H24F3N7O4/c1-14(16-8-18(25(26,27)28)10-19(9-16)35(38)39)31-23-20-11-21(34-6-4-33(5-7-34)15(2)36)24(37)32(3)22(20)17(12-29)13-30-23/h8-11,13-14H,4-7H2,1-3H3,(H,30,31)/t14-/m1/s1. The van der Waals surface area contributed by atoms with E-state index >= 15 is 0 Å². The number of nitro benzene ring substituents is 1. The second kappa shape index (κ2) is 10.2. The first-order chi connectivity index (χ1) is 18.3. The molecule has 1 saturated heterocycles. The summed E-state index contributed by atoms with van der Waals surface area (Å²) in [6.07, 6.45) is -3.55. The molecule has 204 valence electrons. The molecule has 0 aliphatic carbocycles. The third kappa shape index (κ3) is 5.33. The Balaban J connectivity index is 1.79. The van der Waals surface area contributed by atoms with Crippen LogP contribution >= 0.6 is 0 Å². The van der Waals surface area contributed by atoms with Crippen molar-refractivity contribution >= 4 is 34.0 Å². The van der Waals surface area contributed by atoms with Crippen LogP contribution in [-0.2, 0) is 18.0 Å². The average molecular weight is 544 g/mol. The number of nitriles is 1. The Morgan fingerprint density at radius 2 is 1.87 bits per heavy atom. The number of aromatic nitrogens is 2. The molecular formula is C25H24F3N7O4. The zero-order valence-corrected chi connectivity index (χ0v) is 21.2. The number of benzene rings is 1. The van der Waals surface area contributed by atoms with Gasteiger partial charge in [0.25, 0.3) is 11.2 Å². The van der Waals surface area contributed by atoms with E-state index in [-0.39, 0.29) is 33.9 Å². The normalized spacial score (nSPS) is 14.7. The van der Waals surface area contributed by atoms with E-state index in [2.05, 4.69) is 10.3 Å². The van der Waals surface area contributed by atoms with Gasteiger partial charge in [0.05, 0.1) is 27.6 Å². The lowest BCUT2D eigenvalue weighted by molar-refractivity contribution is -0.385. The maximum absolute atomic E-state index is 13.4. The fraction of sp³-hybridized carbons (Fsp3) is 0.360. The number of hydrogen-bond acceptors (Lipinski definition) is 8. The van der Waals surface area contributed by atoms with Crippen LogP contribution in [0.4, 0.5) is 30.4 Å². The maximum atomic E-state index is 13.4. The van der Waals surface area contributed by atoms with Gasteiger partial charge in [-0.25, -0.2) is 4.98 Å². The summed E-state index contributed by atoms with van der Waals surface area (Å²) in [6, 6.07) is 5.05. The lowest BCUT2D eigenvalue weighted by Crippen LogP contribution is -2.49. The molecule has 39 heavy (non-hydrogen) atoms. The highest BCUT2D eigenvalue weighted by Gasteiger charge is 2.33. The number of halogens is 3. The van der Waals surface area contributed by atoms with E-state index in [0.717, 1.165) is 12.1 Å². The van der Waals surface area contributed by atoms with Crippen LogP contribution in [0, 0.1) is 21.4 Å². The largest absolute Gasteiger partial charge is 0.416 e. The molecule has 0 spiro atoms. The number of hydrogen-bond donors (Lipinski definition) is 1. The van der Waals surface area contributed by atoms with Gasteiger partial charge in [-0.1, -0.05) is 0 Å². The van der Waals surface area contributed by atoms with E-state index in [4.69, 9.17) is 0 Å². The van der Waals surface area contributed by atoms with Crippen molar-refractivity contribution in [3.05, 3.63) is 67.6 Å². The minimum atomic E-state index is -4.79. The van der Waals surface area contributed by atoms with Crippen LogP contribution in [0.25, 0.3) is 10.9 Å². The molecule has 3 heterocycles. The molecular weight excluding hydrogens is 519 g/mol. The van der Waals surface area contributed by atoms with E-state index in [1.165, 1.54) is 31.7 Å². The molecule has 2 aromatic heterocycles. The van der Waals surface area contributed by atoms with Gasteiger partial charge in [0, 0.05) is 63.9 Å². The van der Waals surface area contributed by atoms with E-state index in [0.29, 0.717) is 43.3 Å². The topological polar surface area (TPSA) is 137 Å². The van der Waals surface area contributed by atoms with Crippen molar-refractivity contribution in [1.82, 2.24) is 14.5 Å². The van der Waals surface area contributed by atoms with Crippen LogP contribution in [0.2, 0.25) is 0 Å². The van der Waals surface area contributed by atoms with Crippen molar-refractivity contribution in [2.45, 2.75) is 26.1 Å². The Hall–Kier alpha value is -4.67. The number of alkyl halides is 3. The number of anilines is 2. The van der Waals surface area contributed by atoms with Crippen molar-refractivity contribution < 1.29 is 22.9 Å². The van der Waals surface area contributed by atoms with Crippen molar-refractivity contribution in [3.63, 3.8) is 0 Å². The highest BCUT2D eigenvalue weighted by molar-refractivity contribution is 5.95. The summed E-state index contributed by atoms with van der Waals surface area (Å²) in [4.78, 5) is 43.1. The zero-order valence-electron chi connectivity index (χ0n) is 21.2. The number of nitrogens with zero attached hydrogens (tertiary/aromatic N) is 6. The number of rotatable bonds is 5. The molecule has 0 radical (unpaired) electrons. The molecule has 0 bridgehead atoms. The predicted molar refractivity (Wildman–Crippen MR) is 136 cm³/mol. The Kier molecular flexibility index (Phi) is 7.18. The molecule has 0 unspecified atom stereocenters. The summed E-state index contributed by atoms with van der Waals surface area (Å²) in [5, 5.41) is 24.3. The van der Waals surface area contributed by atoms with Crippen molar-refractivity contribution in [3.8, 4) is 6.07 Å². The molecule has 0 saturated carbocycles. The van der Waals surface area contributed by atoms with Crippen LogP contribution in [0.15, 0.2) is 35.3 Å². The summed E-state index contributed by atoms with van der Waals surface area (Å²) in [5.41, 5.74) is -1.53. The summed E-state index contributed by atoms with van der Waals surface area (Å²) < 4.78 is 41.6. The molecule has 14 heteroatoms. The lowest BCUT2D eigenvalue weighted by Gasteiger charge is -2.35. The Morgan fingerprint density at radius 1 is 1.21 bits per heavy atom. The monoisotopic (exact) mass is 543 g/mol.